The van der Waals surface area contributed by atoms with Gasteiger partial charge in [-0.2, -0.15) is 0 Å². The van der Waals surface area contributed by atoms with Crippen LogP contribution in [0.4, 0.5) is 11.4 Å². The molecule has 1 aliphatic rings. The summed E-state index contributed by atoms with van der Waals surface area (Å²) in [5.41, 5.74) is 0.252. The van der Waals surface area contributed by atoms with Crippen LogP contribution in [-0.2, 0) is 19.2 Å². The molecule has 3 atom stereocenters. The van der Waals surface area contributed by atoms with E-state index in [2.05, 4.69) is 16.0 Å². The molecule has 4 amide bonds. The molecule has 30 heavy (non-hydrogen) atoms. The van der Waals surface area contributed by atoms with Crippen molar-refractivity contribution in [3.63, 3.8) is 0 Å². The minimum absolute atomic E-state index is 0.103. The predicted molar refractivity (Wildman–Crippen MR) is 107 cm³/mol. The van der Waals surface area contributed by atoms with Gasteiger partial charge in [-0.25, -0.2) is 0 Å². The zero-order valence-corrected chi connectivity index (χ0v) is 17.0. The fourth-order valence-electron chi connectivity index (χ4n) is 3.21. The van der Waals surface area contributed by atoms with E-state index >= 15 is 0 Å². The number of hydrogen-bond donors (Lipinski definition) is 3. The number of hydrogen-bond acceptors (Lipinski definition) is 6. The maximum Gasteiger partial charge on any atom is 0.269 e. The SMILES string of the molecule is CC(=O)N[C@H](C)C(=O)N1CCC[C@H]1C(=O)N[C@H](C)C(=O)Nc1ccc([N+](=O)[O-])cc1. The fraction of sp³-hybridized carbons (Fsp3) is 0.474. The molecule has 0 spiro atoms. The van der Waals surface area contributed by atoms with Crippen LogP contribution in [-0.4, -0.2) is 58.1 Å². The summed E-state index contributed by atoms with van der Waals surface area (Å²) in [7, 11) is 0. The van der Waals surface area contributed by atoms with E-state index in [4.69, 9.17) is 0 Å². The van der Waals surface area contributed by atoms with E-state index in [1.807, 2.05) is 0 Å². The minimum Gasteiger partial charge on any atom is -0.345 e. The van der Waals surface area contributed by atoms with Gasteiger partial charge in [0.05, 0.1) is 4.92 Å². The maximum atomic E-state index is 12.6. The van der Waals surface area contributed by atoms with E-state index in [9.17, 15) is 29.3 Å². The first-order valence-corrected chi connectivity index (χ1v) is 9.53. The summed E-state index contributed by atoms with van der Waals surface area (Å²) in [6.45, 7) is 4.75. The zero-order chi connectivity index (χ0) is 22.4. The molecule has 11 nitrogen and oxygen atoms in total. The summed E-state index contributed by atoms with van der Waals surface area (Å²) in [4.78, 5) is 60.2. The van der Waals surface area contributed by atoms with Crippen molar-refractivity contribution >= 4 is 35.0 Å². The monoisotopic (exact) mass is 419 g/mol. The van der Waals surface area contributed by atoms with Crippen molar-refractivity contribution in [3.8, 4) is 0 Å². The standard InChI is InChI=1S/C19H25N5O6/c1-11(17(26)22-14-6-8-15(9-7-14)24(29)30)21-18(27)16-5-4-10-23(16)19(28)12(2)20-13(3)25/h6-9,11-12,16H,4-5,10H2,1-3H3,(H,20,25)(H,21,27)(H,22,26)/t11-,12-,16+/m1/s1. The number of rotatable bonds is 7. The van der Waals surface area contributed by atoms with Gasteiger partial charge in [0.25, 0.3) is 5.69 Å². The van der Waals surface area contributed by atoms with Gasteiger partial charge in [0.1, 0.15) is 18.1 Å². The van der Waals surface area contributed by atoms with Crippen LogP contribution >= 0.6 is 0 Å². The smallest absolute Gasteiger partial charge is 0.269 e. The molecular formula is C19H25N5O6. The number of nitro benzene ring substituents is 1. The highest BCUT2D eigenvalue weighted by atomic mass is 16.6. The molecule has 1 heterocycles. The second-order valence-electron chi connectivity index (χ2n) is 7.14. The van der Waals surface area contributed by atoms with Gasteiger partial charge >= 0.3 is 0 Å². The van der Waals surface area contributed by atoms with Crippen molar-refractivity contribution in [2.45, 2.75) is 51.7 Å². The molecule has 1 aromatic carbocycles. The molecule has 1 fully saturated rings. The average molecular weight is 419 g/mol. The summed E-state index contributed by atoms with van der Waals surface area (Å²) >= 11 is 0. The number of benzene rings is 1. The molecule has 2 rings (SSSR count). The summed E-state index contributed by atoms with van der Waals surface area (Å²) in [6, 6.07) is 2.95. The Labute approximate surface area is 173 Å². The van der Waals surface area contributed by atoms with Crippen molar-refractivity contribution in [2.75, 3.05) is 11.9 Å². The summed E-state index contributed by atoms with van der Waals surface area (Å²) in [5, 5.41) is 18.4. The maximum absolute atomic E-state index is 12.6. The molecular weight excluding hydrogens is 394 g/mol. The number of nitrogens with one attached hydrogen (secondary N) is 3. The fourth-order valence-corrected chi connectivity index (χ4v) is 3.21. The molecule has 11 heteroatoms. The van der Waals surface area contributed by atoms with E-state index in [0.717, 1.165) is 0 Å². The Bertz CT molecular complexity index is 840. The second kappa shape index (κ2) is 9.81. The normalized spacial score (nSPS) is 17.6. The van der Waals surface area contributed by atoms with Crippen LogP contribution in [0.1, 0.15) is 33.6 Å². The van der Waals surface area contributed by atoms with Crippen molar-refractivity contribution in [2.24, 2.45) is 0 Å². The first kappa shape index (κ1) is 22.8. The summed E-state index contributed by atoms with van der Waals surface area (Å²) in [6.07, 6.45) is 1.10. The van der Waals surface area contributed by atoms with E-state index < -0.39 is 34.9 Å². The van der Waals surface area contributed by atoms with Crippen LogP contribution in [0.5, 0.6) is 0 Å². The Kier molecular flexibility index (Phi) is 7.45. The summed E-state index contributed by atoms with van der Waals surface area (Å²) in [5.74, 6) is -1.65. The Morgan fingerprint density at radius 2 is 1.73 bits per heavy atom. The van der Waals surface area contributed by atoms with Crippen LogP contribution in [0.2, 0.25) is 0 Å². The van der Waals surface area contributed by atoms with Gasteiger partial charge < -0.3 is 20.9 Å². The molecule has 0 aromatic heterocycles. The van der Waals surface area contributed by atoms with E-state index in [0.29, 0.717) is 25.1 Å². The van der Waals surface area contributed by atoms with Crippen LogP contribution < -0.4 is 16.0 Å². The number of nitrogens with zero attached hydrogens (tertiary/aromatic N) is 2. The van der Waals surface area contributed by atoms with Gasteiger partial charge in [-0.1, -0.05) is 0 Å². The number of carbonyl (C=O) groups is 4. The molecule has 1 saturated heterocycles. The zero-order valence-electron chi connectivity index (χ0n) is 17.0. The van der Waals surface area contributed by atoms with Gasteiger partial charge in [0.2, 0.25) is 23.6 Å². The molecule has 162 valence electrons. The Morgan fingerprint density at radius 3 is 2.30 bits per heavy atom. The van der Waals surface area contributed by atoms with Gasteiger partial charge in [-0.15, -0.1) is 0 Å². The lowest BCUT2D eigenvalue weighted by Crippen LogP contribution is -2.54. The average Bonchev–Trinajstić information content (AvgIpc) is 3.17. The van der Waals surface area contributed by atoms with Gasteiger partial charge in [-0.05, 0) is 38.8 Å². The van der Waals surface area contributed by atoms with Crippen LogP contribution in [0, 0.1) is 10.1 Å². The molecule has 0 unspecified atom stereocenters. The Morgan fingerprint density at radius 1 is 1.10 bits per heavy atom. The number of non-ortho nitro benzene ring substituents is 1. The lowest BCUT2D eigenvalue weighted by Gasteiger charge is -2.27. The third-order valence-corrected chi connectivity index (χ3v) is 4.73. The summed E-state index contributed by atoms with van der Waals surface area (Å²) < 4.78 is 0. The van der Waals surface area contributed by atoms with Crippen molar-refractivity contribution < 1.29 is 24.1 Å². The van der Waals surface area contributed by atoms with Crippen molar-refractivity contribution in [1.82, 2.24) is 15.5 Å². The number of nitro groups is 1. The highest BCUT2D eigenvalue weighted by molar-refractivity contribution is 5.98. The first-order valence-electron chi connectivity index (χ1n) is 9.53. The van der Waals surface area contributed by atoms with Gasteiger partial charge in [-0.3, -0.25) is 29.3 Å². The largest absolute Gasteiger partial charge is 0.345 e. The molecule has 0 saturated carbocycles. The third-order valence-electron chi connectivity index (χ3n) is 4.73. The molecule has 0 aliphatic carbocycles. The number of anilines is 1. The number of carbonyl (C=O) groups excluding carboxylic acids is 4. The molecule has 0 bridgehead atoms. The van der Waals surface area contributed by atoms with Crippen molar-refractivity contribution in [1.29, 1.82) is 0 Å². The third kappa shape index (κ3) is 5.75. The minimum atomic E-state index is -0.891. The Balaban J connectivity index is 1.94. The Hall–Kier alpha value is -3.50. The molecule has 0 radical (unpaired) electrons. The molecule has 1 aliphatic heterocycles. The first-order chi connectivity index (χ1) is 14.1. The number of amides is 4. The van der Waals surface area contributed by atoms with E-state index in [1.54, 1.807) is 6.92 Å². The van der Waals surface area contributed by atoms with Crippen LogP contribution in [0.25, 0.3) is 0 Å². The lowest BCUT2D eigenvalue weighted by molar-refractivity contribution is -0.384. The van der Waals surface area contributed by atoms with Gasteiger partial charge in [0, 0.05) is 31.3 Å². The van der Waals surface area contributed by atoms with Crippen LogP contribution in [0.3, 0.4) is 0 Å². The lowest BCUT2D eigenvalue weighted by atomic mass is 10.1. The van der Waals surface area contributed by atoms with E-state index in [1.165, 1.54) is 43.0 Å². The highest BCUT2D eigenvalue weighted by Gasteiger charge is 2.37. The quantitative estimate of drug-likeness (QED) is 0.434. The highest BCUT2D eigenvalue weighted by Crippen LogP contribution is 2.19. The number of likely N-dealkylation sites (tertiary alicyclic amines) is 1. The van der Waals surface area contributed by atoms with Crippen molar-refractivity contribution in [3.05, 3.63) is 34.4 Å². The molecule has 1 aromatic rings. The predicted octanol–water partition coefficient (Wildman–Crippen LogP) is 0.554. The van der Waals surface area contributed by atoms with Gasteiger partial charge in [0.15, 0.2) is 0 Å². The topological polar surface area (TPSA) is 151 Å². The van der Waals surface area contributed by atoms with Crippen LogP contribution in [0.15, 0.2) is 24.3 Å². The molecule has 3 N–H and O–H groups in total. The van der Waals surface area contributed by atoms with E-state index in [-0.39, 0.29) is 17.5 Å². The second-order valence-corrected chi connectivity index (χ2v) is 7.14.